The molecule has 3 rings (SSSR count). The van der Waals surface area contributed by atoms with Crippen LogP contribution in [0.25, 0.3) is 11.0 Å². The van der Waals surface area contributed by atoms with E-state index in [1.165, 1.54) is 26.5 Å². The Hall–Kier alpha value is -3.73. The zero-order chi connectivity index (χ0) is 22.5. The number of nitrogens with zero attached hydrogens (tertiary/aromatic N) is 4. The van der Waals surface area contributed by atoms with Gasteiger partial charge in [0.2, 0.25) is 0 Å². The van der Waals surface area contributed by atoms with Gasteiger partial charge in [-0.15, -0.1) is 0 Å². The third-order valence-corrected chi connectivity index (χ3v) is 4.45. The van der Waals surface area contributed by atoms with Gasteiger partial charge >= 0.3 is 0 Å². The second-order valence-corrected chi connectivity index (χ2v) is 6.89. The van der Waals surface area contributed by atoms with Crippen LogP contribution >= 0.6 is 0 Å². The van der Waals surface area contributed by atoms with Crippen LogP contribution in [0, 0.1) is 10.1 Å². The molecule has 2 heterocycles. The van der Waals surface area contributed by atoms with Crippen molar-refractivity contribution in [2.24, 2.45) is 0 Å². The summed E-state index contributed by atoms with van der Waals surface area (Å²) in [5.41, 5.74) is 0.485. The molecule has 1 N–H and O–H groups in total. The summed E-state index contributed by atoms with van der Waals surface area (Å²) in [5.74, 6) is -0.337. The smallest absolute Gasteiger partial charge is 0.286 e. The SMILES string of the molecule is COCCOc1cc([N+](=O)[O-])c(C(=O)Nc2cnc3c(cnn3C(C)C)c2)cc1OC. The topological polar surface area (TPSA) is 131 Å². The van der Waals surface area contributed by atoms with Crippen molar-refractivity contribution in [3.63, 3.8) is 0 Å². The molecule has 0 aliphatic carbocycles. The first-order valence-corrected chi connectivity index (χ1v) is 9.48. The monoisotopic (exact) mass is 429 g/mol. The molecular weight excluding hydrogens is 406 g/mol. The lowest BCUT2D eigenvalue weighted by Gasteiger charge is -2.13. The number of methoxy groups -OCH3 is 2. The van der Waals surface area contributed by atoms with E-state index in [9.17, 15) is 14.9 Å². The van der Waals surface area contributed by atoms with Crippen molar-refractivity contribution >= 4 is 28.3 Å². The van der Waals surface area contributed by atoms with Crippen molar-refractivity contribution in [2.75, 3.05) is 32.8 Å². The number of anilines is 1. The molecule has 0 atom stereocenters. The number of ether oxygens (including phenoxy) is 3. The van der Waals surface area contributed by atoms with Crippen molar-refractivity contribution in [1.29, 1.82) is 0 Å². The van der Waals surface area contributed by atoms with Gasteiger partial charge in [-0.25, -0.2) is 9.67 Å². The molecule has 0 aliphatic heterocycles. The van der Waals surface area contributed by atoms with Gasteiger partial charge in [0.25, 0.3) is 11.6 Å². The number of benzene rings is 1. The average molecular weight is 429 g/mol. The van der Waals surface area contributed by atoms with E-state index >= 15 is 0 Å². The number of nitrogens with one attached hydrogen (secondary N) is 1. The minimum Gasteiger partial charge on any atom is -0.493 e. The van der Waals surface area contributed by atoms with E-state index in [1.807, 2.05) is 13.8 Å². The van der Waals surface area contributed by atoms with Gasteiger partial charge in [0, 0.05) is 24.6 Å². The van der Waals surface area contributed by atoms with E-state index in [-0.39, 0.29) is 29.7 Å². The van der Waals surface area contributed by atoms with Crippen molar-refractivity contribution in [2.45, 2.75) is 19.9 Å². The van der Waals surface area contributed by atoms with Crippen molar-refractivity contribution in [3.8, 4) is 11.5 Å². The summed E-state index contributed by atoms with van der Waals surface area (Å²) in [6.07, 6.45) is 3.13. The lowest BCUT2D eigenvalue weighted by atomic mass is 10.1. The van der Waals surface area contributed by atoms with E-state index in [0.717, 1.165) is 11.5 Å². The van der Waals surface area contributed by atoms with Gasteiger partial charge in [-0.1, -0.05) is 0 Å². The molecule has 0 radical (unpaired) electrons. The van der Waals surface area contributed by atoms with Crippen LogP contribution in [0.15, 0.2) is 30.6 Å². The fraction of sp³-hybridized carbons (Fsp3) is 0.350. The highest BCUT2D eigenvalue weighted by Crippen LogP contribution is 2.35. The summed E-state index contributed by atoms with van der Waals surface area (Å²) in [4.78, 5) is 28.1. The Bertz CT molecular complexity index is 1110. The highest BCUT2D eigenvalue weighted by atomic mass is 16.6. The summed E-state index contributed by atoms with van der Waals surface area (Å²) in [6, 6.07) is 4.28. The first kappa shape index (κ1) is 22.0. The molecule has 0 bridgehead atoms. The molecule has 0 saturated carbocycles. The van der Waals surface area contributed by atoms with Crippen molar-refractivity contribution in [3.05, 3.63) is 46.3 Å². The zero-order valence-corrected chi connectivity index (χ0v) is 17.6. The summed E-state index contributed by atoms with van der Waals surface area (Å²) in [5, 5.41) is 19.3. The second kappa shape index (κ2) is 9.39. The maximum Gasteiger partial charge on any atom is 0.286 e. The van der Waals surface area contributed by atoms with Crippen LogP contribution in [0.3, 0.4) is 0 Å². The van der Waals surface area contributed by atoms with E-state index in [0.29, 0.717) is 17.9 Å². The summed E-state index contributed by atoms with van der Waals surface area (Å²) in [7, 11) is 2.90. The summed E-state index contributed by atoms with van der Waals surface area (Å²) < 4.78 is 17.4. The second-order valence-electron chi connectivity index (χ2n) is 6.89. The Morgan fingerprint density at radius 2 is 1.97 bits per heavy atom. The number of nitro groups is 1. The molecular formula is C20H23N5O6. The third kappa shape index (κ3) is 4.72. The number of hydrogen-bond acceptors (Lipinski definition) is 8. The fourth-order valence-electron chi connectivity index (χ4n) is 2.97. The number of amides is 1. The molecule has 11 nitrogen and oxygen atoms in total. The van der Waals surface area contributed by atoms with Crippen LogP contribution in [0.5, 0.6) is 11.5 Å². The van der Waals surface area contributed by atoms with Crippen LogP contribution < -0.4 is 14.8 Å². The fourth-order valence-corrected chi connectivity index (χ4v) is 2.97. The molecule has 164 valence electrons. The van der Waals surface area contributed by atoms with Crippen LogP contribution in [-0.2, 0) is 4.74 Å². The molecule has 1 amide bonds. The van der Waals surface area contributed by atoms with Gasteiger partial charge in [-0.3, -0.25) is 14.9 Å². The van der Waals surface area contributed by atoms with Crippen LogP contribution in [0.1, 0.15) is 30.2 Å². The molecule has 2 aromatic heterocycles. The van der Waals surface area contributed by atoms with E-state index in [4.69, 9.17) is 14.2 Å². The van der Waals surface area contributed by atoms with Crippen LogP contribution in [0.2, 0.25) is 0 Å². The summed E-state index contributed by atoms with van der Waals surface area (Å²) >= 11 is 0. The Morgan fingerprint density at radius 3 is 2.61 bits per heavy atom. The number of carbonyl (C=O) groups excluding carboxylic acids is 1. The molecule has 31 heavy (non-hydrogen) atoms. The molecule has 0 saturated heterocycles. The molecule has 1 aromatic carbocycles. The average Bonchev–Trinajstić information content (AvgIpc) is 3.17. The lowest BCUT2D eigenvalue weighted by Crippen LogP contribution is -2.15. The Morgan fingerprint density at radius 1 is 1.19 bits per heavy atom. The minimum absolute atomic E-state index is 0.130. The number of hydrogen-bond donors (Lipinski definition) is 1. The molecule has 11 heteroatoms. The van der Waals surface area contributed by atoms with Crippen molar-refractivity contribution < 1.29 is 23.9 Å². The molecule has 0 spiro atoms. The predicted molar refractivity (Wildman–Crippen MR) is 113 cm³/mol. The van der Waals surface area contributed by atoms with E-state index in [1.54, 1.807) is 16.9 Å². The van der Waals surface area contributed by atoms with Gasteiger partial charge in [0.15, 0.2) is 17.1 Å². The van der Waals surface area contributed by atoms with E-state index < -0.39 is 16.5 Å². The summed E-state index contributed by atoms with van der Waals surface area (Å²) in [6.45, 7) is 4.44. The lowest BCUT2D eigenvalue weighted by molar-refractivity contribution is -0.385. The number of fused-ring (bicyclic) bond motifs is 1. The quantitative estimate of drug-likeness (QED) is 0.312. The Labute approximate surface area is 178 Å². The third-order valence-electron chi connectivity index (χ3n) is 4.45. The number of pyridine rings is 1. The van der Waals surface area contributed by atoms with Crippen LogP contribution in [0.4, 0.5) is 11.4 Å². The highest BCUT2D eigenvalue weighted by molar-refractivity contribution is 6.08. The van der Waals surface area contributed by atoms with Gasteiger partial charge in [-0.05, 0) is 19.9 Å². The minimum atomic E-state index is -0.675. The Kier molecular flexibility index (Phi) is 6.65. The molecule has 0 aliphatic rings. The first-order chi connectivity index (χ1) is 14.8. The van der Waals surface area contributed by atoms with Crippen LogP contribution in [-0.4, -0.2) is 53.0 Å². The number of carbonyl (C=O) groups is 1. The van der Waals surface area contributed by atoms with Gasteiger partial charge in [0.1, 0.15) is 12.2 Å². The maximum atomic E-state index is 12.8. The van der Waals surface area contributed by atoms with Gasteiger partial charge < -0.3 is 19.5 Å². The standard InChI is InChI=1S/C20H23N5O6/c1-12(2)24-19-13(10-22-24)7-14(11-21-19)23-20(26)15-8-17(30-4)18(31-6-5-29-3)9-16(15)25(27)28/h7-12H,5-6H2,1-4H3,(H,23,26). The predicted octanol–water partition coefficient (Wildman–Crippen LogP) is 3.21. The normalized spacial score (nSPS) is 11.0. The zero-order valence-electron chi connectivity index (χ0n) is 17.6. The molecule has 0 fully saturated rings. The van der Waals surface area contributed by atoms with Gasteiger partial charge in [0.05, 0.1) is 42.8 Å². The van der Waals surface area contributed by atoms with E-state index in [2.05, 4.69) is 15.4 Å². The molecule has 3 aromatic rings. The molecule has 0 unspecified atom stereocenters. The maximum absolute atomic E-state index is 12.8. The number of rotatable bonds is 9. The van der Waals surface area contributed by atoms with Gasteiger partial charge in [-0.2, -0.15) is 5.10 Å². The highest BCUT2D eigenvalue weighted by Gasteiger charge is 2.25. The van der Waals surface area contributed by atoms with Crippen molar-refractivity contribution in [1.82, 2.24) is 14.8 Å². The Balaban J connectivity index is 1.91. The number of nitro benzene ring substituents is 1. The largest absolute Gasteiger partial charge is 0.493 e. The number of aromatic nitrogens is 3. The first-order valence-electron chi connectivity index (χ1n) is 9.48.